The highest BCUT2D eigenvalue weighted by Crippen LogP contribution is 2.24. The Balaban J connectivity index is 1.37. The third kappa shape index (κ3) is 4.50. The first kappa shape index (κ1) is 18.0. The van der Waals surface area contributed by atoms with Crippen LogP contribution >= 0.6 is 0 Å². The number of likely N-dealkylation sites (tertiary alicyclic amines) is 1. The highest BCUT2D eigenvalue weighted by molar-refractivity contribution is 5.78. The third-order valence-electron chi connectivity index (χ3n) is 5.59. The number of nitrogens with zero attached hydrogens (tertiary/aromatic N) is 4. The number of para-hydroxylation sites is 1. The molecular weight excluding hydrogens is 340 g/mol. The molecule has 0 spiro atoms. The summed E-state index contributed by atoms with van der Waals surface area (Å²) < 4.78 is 7.79. The number of ether oxygens (including phenoxy) is 1. The molecule has 0 saturated carbocycles. The van der Waals surface area contributed by atoms with Crippen LogP contribution in [0.3, 0.4) is 0 Å². The molecule has 1 atom stereocenters. The van der Waals surface area contributed by atoms with Crippen molar-refractivity contribution in [2.24, 2.45) is 0 Å². The average Bonchev–Trinajstić information content (AvgIpc) is 3.13. The van der Waals surface area contributed by atoms with Crippen LogP contribution in [0.1, 0.15) is 31.2 Å². The maximum absolute atomic E-state index is 13.1. The zero-order chi connectivity index (χ0) is 18.5. The Bertz CT molecular complexity index is 746. The highest BCUT2D eigenvalue weighted by atomic mass is 16.5. The van der Waals surface area contributed by atoms with E-state index in [1.807, 2.05) is 41.3 Å². The van der Waals surface area contributed by atoms with Gasteiger partial charge in [-0.3, -0.25) is 14.4 Å². The quantitative estimate of drug-likeness (QED) is 0.814. The normalized spacial score (nSPS) is 20.6. The number of fused-ring (bicyclic) bond motifs is 1. The lowest BCUT2D eigenvalue weighted by molar-refractivity contribution is -0.136. The van der Waals surface area contributed by atoms with Crippen LogP contribution in [0.5, 0.6) is 5.75 Å². The van der Waals surface area contributed by atoms with Crippen molar-refractivity contribution in [1.82, 2.24) is 19.6 Å². The highest BCUT2D eigenvalue weighted by Gasteiger charge is 2.28. The minimum Gasteiger partial charge on any atom is -0.492 e. The predicted molar refractivity (Wildman–Crippen MR) is 103 cm³/mol. The molecule has 2 aliphatic rings. The van der Waals surface area contributed by atoms with Crippen LogP contribution in [-0.4, -0.2) is 57.8 Å². The number of carbonyl (C=O) groups excluding carboxylic acids is 1. The zero-order valence-electron chi connectivity index (χ0n) is 15.8. The molecule has 0 aliphatic carbocycles. The van der Waals surface area contributed by atoms with E-state index in [2.05, 4.69) is 21.0 Å². The van der Waals surface area contributed by atoms with Gasteiger partial charge < -0.3 is 9.64 Å². The Labute approximate surface area is 160 Å². The molecule has 144 valence electrons. The standard InChI is InChI=1S/C21H28N4O2/c26-21(17-23-14-15-27-20-8-2-1-6-18(20)16-23)25-12-4-3-7-19(25)9-13-24-11-5-10-22-24/h1-2,5-6,8,10-11,19H,3-4,7,9,12-17H2/t19-/m0/s1. The van der Waals surface area contributed by atoms with E-state index in [0.717, 1.165) is 56.8 Å². The molecule has 0 unspecified atom stereocenters. The van der Waals surface area contributed by atoms with Crippen LogP contribution in [0.2, 0.25) is 0 Å². The van der Waals surface area contributed by atoms with Gasteiger partial charge in [-0.1, -0.05) is 18.2 Å². The van der Waals surface area contributed by atoms with Crippen molar-refractivity contribution in [3.63, 3.8) is 0 Å². The number of aromatic nitrogens is 2. The minimum absolute atomic E-state index is 0.250. The molecule has 27 heavy (non-hydrogen) atoms. The van der Waals surface area contributed by atoms with Crippen molar-refractivity contribution in [3.05, 3.63) is 48.3 Å². The maximum Gasteiger partial charge on any atom is 0.237 e. The van der Waals surface area contributed by atoms with Gasteiger partial charge in [0.2, 0.25) is 5.91 Å². The number of amides is 1. The predicted octanol–water partition coefficient (Wildman–Crippen LogP) is 2.55. The van der Waals surface area contributed by atoms with Gasteiger partial charge in [0.05, 0.1) is 6.54 Å². The summed E-state index contributed by atoms with van der Waals surface area (Å²) in [6, 6.07) is 10.4. The van der Waals surface area contributed by atoms with E-state index < -0.39 is 0 Å². The summed E-state index contributed by atoms with van der Waals surface area (Å²) >= 11 is 0. The van der Waals surface area contributed by atoms with Crippen molar-refractivity contribution in [2.75, 3.05) is 26.2 Å². The van der Waals surface area contributed by atoms with Crippen LogP contribution < -0.4 is 4.74 Å². The Hall–Kier alpha value is -2.34. The Morgan fingerprint density at radius 2 is 2.11 bits per heavy atom. The second kappa shape index (κ2) is 8.57. The number of aryl methyl sites for hydroxylation is 1. The smallest absolute Gasteiger partial charge is 0.237 e. The Kier molecular flexibility index (Phi) is 5.72. The number of piperidine rings is 1. The van der Waals surface area contributed by atoms with Crippen molar-refractivity contribution >= 4 is 5.91 Å². The summed E-state index contributed by atoms with van der Waals surface area (Å²) in [6.07, 6.45) is 8.18. The van der Waals surface area contributed by atoms with E-state index in [9.17, 15) is 4.79 Å². The van der Waals surface area contributed by atoms with E-state index in [4.69, 9.17) is 4.74 Å². The Morgan fingerprint density at radius 1 is 1.19 bits per heavy atom. The first-order valence-electron chi connectivity index (χ1n) is 9.99. The summed E-state index contributed by atoms with van der Waals surface area (Å²) in [4.78, 5) is 17.4. The van der Waals surface area contributed by atoms with Gasteiger partial charge >= 0.3 is 0 Å². The first-order valence-corrected chi connectivity index (χ1v) is 9.99. The molecule has 6 heteroatoms. The van der Waals surface area contributed by atoms with Crippen molar-refractivity contribution in [2.45, 2.75) is 44.8 Å². The lowest BCUT2D eigenvalue weighted by Crippen LogP contribution is -2.48. The third-order valence-corrected chi connectivity index (χ3v) is 5.59. The molecule has 1 aromatic heterocycles. The summed E-state index contributed by atoms with van der Waals surface area (Å²) in [5.41, 5.74) is 1.16. The van der Waals surface area contributed by atoms with Gasteiger partial charge in [0, 0.05) is 50.2 Å². The molecule has 2 aliphatic heterocycles. The molecule has 0 bridgehead atoms. The van der Waals surface area contributed by atoms with Gasteiger partial charge in [0.1, 0.15) is 12.4 Å². The van der Waals surface area contributed by atoms with Gasteiger partial charge in [-0.2, -0.15) is 5.10 Å². The summed E-state index contributed by atoms with van der Waals surface area (Å²) in [6.45, 7) is 4.40. The van der Waals surface area contributed by atoms with Gasteiger partial charge in [-0.05, 0) is 37.8 Å². The largest absolute Gasteiger partial charge is 0.492 e. The van der Waals surface area contributed by atoms with Gasteiger partial charge in [0.25, 0.3) is 0 Å². The number of carbonyl (C=O) groups is 1. The number of benzene rings is 1. The molecule has 1 amide bonds. The lowest BCUT2D eigenvalue weighted by atomic mass is 9.99. The molecule has 1 aromatic carbocycles. The van der Waals surface area contributed by atoms with Crippen LogP contribution in [-0.2, 0) is 17.9 Å². The fourth-order valence-electron chi connectivity index (χ4n) is 4.14. The molecule has 4 rings (SSSR count). The fourth-order valence-corrected chi connectivity index (χ4v) is 4.14. The molecule has 3 heterocycles. The van der Waals surface area contributed by atoms with Crippen molar-refractivity contribution in [1.29, 1.82) is 0 Å². The van der Waals surface area contributed by atoms with Crippen molar-refractivity contribution in [3.8, 4) is 5.75 Å². The van der Waals surface area contributed by atoms with Crippen LogP contribution in [0, 0.1) is 0 Å². The second-order valence-corrected chi connectivity index (χ2v) is 7.46. The summed E-state index contributed by atoms with van der Waals surface area (Å²) in [5, 5.41) is 4.29. The summed E-state index contributed by atoms with van der Waals surface area (Å²) in [7, 11) is 0. The molecule has 2 aromatic rings. The molecular formula is C21H28N4O2. The average molecular weight is 368 g/mol. The number of rotatable bonds is 5. The topological polar surface area (TPSA) is 50.6 Å². The van der Waals surface area contributed by atoms with E-state index in [1.165, 1.54) is 6.42 Å². The van der Waals surface area contributed by atoms with Crippen molar-refractivity contribution < 1.29 is 9.53 Å². The zero-order valence-corrected chi connectivity index (χ0v) is 15.8. The molecule has 1 saturated heterocycles. The molecule has 6 nitrogen and oxygen atoms in total. The molecule has 0 N–H and O–H groups in total. The maximum atomic E-state index is 13.1. The lowest BCUT2D eigenvalue weighted by Gasteiger charge is -2.37. The molecule has 0 radical (unpaired) electrons. The minimum atomic E-state index is 0.250. The van der Waals surface area contributed by atoms with E-state index >= 15 is 0 Å². The molecule has 1 fully saturated rings. The monoisotopic (exact) mass is 368 g/mol. The van der Waals surface area contributed by atoms with E-state index in [0.29, 0.717) is 19.2 Å². The van der Waals surface area contributed by atoms with Crippen LogP contribution in [0.4, 0.5) is 0 Å². The van der Waals surface area contributed by atoms with E-state index in [1.54, 1.807) is 0 Å². The Morgan fingerprint density at radius 3 is 3.00 bits per heavy atom. The summed E-state index contributed by atoms with van der Waals surface area (Å²) in [5.74, 6) is 1.20. The first-order chi connectivity index (χ1) is 13.3. The van der Waals surface area contributed by atoms with Gasteiger partial charge in [-0.15, -0.1) is 0 Å². The van der Waals surface area contributed by atoms with Crippen LogP contribution in [0.15, 0.2) is 42.7 Å². The van der Waals surface area contributed by atoms with Gasteiger partial charge in [0.15, 0.2) is 0 Å². The van der Waals surface area contributed by atoms with Crippen LogP contribution in [0.25, 0.3) is 0 Å². The SMILES string of the molecule is O=C(CN1CCOc2ccccc2C1)N1CCCC[C@H]1CCn1cccn1. The number of hydrogen-bond acceptors (Lipinski definition) is 4. The van der Waals surface area contributed by atoms with Gasteiger partial charge in [-0.25, -0.2) is 0 Å². The second-order valence-electron chi connectivity index (χ2n) is 7.46. The number of hydrogen-bond donors (Lipinski definition) is 0. The van der Waals surface area contributed by atoms with E-state index in [-0.39, 0.29) is 5.91 Å². The fraction of sp³-hybridized carbons (Fsp3) is 0.524.